The lowest BCUT2D eigenvalue weighted by Gasteiger charge is -2.16. The molecule has 0 aliphatic carbocycles. The predicted molar refractivity (Wildman–Crippen MR) is 64.4 cm³/mol. The van der Waals surface area contributed by atoms with Crippen LogP contribution in [0.2, 0.25) is 0 Å². The maximum Gasteiger partial charge on any atom is 0.126 e. The summed E-state index contributed by atoms with van der Waals surface area (Å²) in [6.45, 7) is 0. The summed E-state index contributed by atoms with van der Waals surface area (Å²) in [5.41, 5.74) is 4.10. The van der Waals surface area contributed by atoms with Gasteiger partial charge in [-0.25, -0.2) is 8.78 Å². The second kappa shape index (κ2) is 5.66. The Labute approximate surface area is 104 Å². The smallest absolute Gasteiger partial charge is 0.126 e. The fraction of sp³-hybridized carbons (Fsp3) is 0.154. The van der Waals surface area contributed by atoms with Crippen LogP contribution in [0, 0.1) is 11.6 Å². The zero-order chi connectivity index (χ0) is 13.0. The van der Waals surface area contributed by atoms with Gasteiger partial charge in [0.1, 0.15) is 11.6 Å². The van der Waals surface area contributed by atoms with Crippen molar-refractivity contribution in [2.75, 3.05) is 0 Å². The highest BCUT2D eigenvalue weighted by Gasteiger charge is 2.11. The van der Waals surface area contributed by atoms with Crippen molar-refractivity contribution in [3.63, 3.8) is 0 Å². The van der Waals surface area contributed by atoms with Gasteiger partial charge in [-0.2, -0.15) is 0 Å². The second-order valence-corrected chi connectivity index (χ2v) is 3.98. The molecule has 0 amide bonds. The summed E-state index contributed by atoms with van der Waals surface area (Å²) in [4.78, 5) is 3.91. The van der Waals surface area contributed by atoms with Crippen LogP contribution < -0.4 is 11.3 Å². The lowest BCUT2D eigenvalue weighted by molar-refractivity contribution is 0.540. The normalized spacial score (nSPS) is 12.4. The molecular weight excluding hydrogens is 236 g/mol. The fourth-order valence-corrected chi connectivity index (χ4v) is 1.83. The molecule has 0 spiro atoms. The van der Waals surface area contributed by atoms with Gasteiger partial charge in [0.05, 0.1) is 6.04 Å². The van der Waals surface area contributed by atoms with E-state index in [0.29, 0.717) is 12.0 Å². The molecule has 1 heterocycles. The van der Waals surface area contributed by atoms with E-state index in [9.17, 15) is 8.78 Å². The topological polar surface area (TPSA) is 50.9 Å². The maximum absolute atomic E-state index is 13.1. The molecule has 1 aromatic carbocycles. The highest BCUT2D eigenvalue weighted by Crippen LogP contribution is 2.18. The summed E-state index contributed by atoms with van der Waals surface area (Å²) in [6.07, 6.45) is 3.69. The van der Waals surface area contributed by atoms with Crippen molar-refractivity contribution in [1.82, 2.24) is 10.4 Å². The van der Waals surface area contributed by atoms with Gasteiger partial charge in [-0.3, -0.25) is 16.3 Å². The number of aromatic nitrogens is 1. The van der Waals surface area contributed by atoms with Crippen LogP contribution >= 0.6 is 0 Å². The Morgan fingerprint density at radius 1 is 1.11 bits per heavy atom. The molecule has 5 heteroatoms. The van der Waals surface area contributed by atoms with Crippen molar-refractivity contribution in [2.24, 2.45) is 5.84 Å². The molecule has 2 aromatic rings. The van der Waals surface area contributed by atoms with Crippen molar-refractivity contribution < 1.29 is 8.78 Å². The fourth-order valence-electron chi connectivity index (χ4n) is 1.83. The molecule has 18 heavy (non-hydrogen) atoms. The van der Waals surface area contributed by atoms with E-state index in [1.807, 2.05) is 0 Å². The summed E-state index contributed by atoms with van der Waals surface area (Å²) in [7, 11) is 0. The van der Waals surface area contributed by atoms with Crippen LogP contribution in [-0.4, -0.2) is 4.98 Å². The van der Waals surface area contributed by atoms with Crippen molar-refractivity contribution in [2.45, 2.75) is 12.5 Å². The molecule has 0 saturated carbocycles. The molecule has 94 valence electrons. The van der Waals surface area contributed by atoms with Crippen LogP contribution in [0.25, 0.3) is 0 Å². The molecule has 0 fully saturated rings. The van der Waals surface area contributed by atoms with Crippen LogP contribution in [-0.2, 0) is 6.42 Å². The van der Waals surface area contributed by atoms with Crippen LogP contribution in [0.3, 0.4) is 0 Å². The van der Waals surface area contributed by atoms with E-state index < -0.39 is 11.6 Å². The molecule has 0 radical (unpaired) electrons. The molecule has 0 saturated heterocycles. The number of rotatable bonds is 4. The summed E-state index contributed by atoms with van der Waals surface area (Å²) in [6, 6.07) is 6.85. The molecule has 2 rings (SSSR count). The third-order valence-electron chi connectivity index (χ3n) is 2.67. The van der Waals surface area contributed by atoms with Gasteiger partial charge in [0.2, 0.25) is 0 Å². The minimum Gasteiger partial charge on any atom is -0.271 e. The first-order chi connectivity index (χ1) is 8.69. The molecule has 3 nitrogen and oxygen atoms in total. The van der Waals surface area contributed by atoms with Crippen LogP contribution in [0.5, 0.6) is 0 Å². The monoisotopic (exact) mass is 249 g/mol. The Kier molecular flexibility index (Phi) is 3.96. The number of nitrogens with two attached hydrogens (primary N) is 1. The van der Waals surface area contributed by atoms with E-state index in [4.69, 9.17) is 5.84 Å². The Morgan fingerprint density at radius 2 is 1.72 bits per heavy atom. The van der Waals surface area contributed by atoms with Gasteiger partial charge >= 0.3 is 0 Å². The number of benzene rings is 1. The summed E-state index contributed by atoms with van der Waals surface area (Å²) >= 11 is 0. The van der Waals surface area contributed by atoms with E-state index in [2.05, 4.69) is 10.4 Å². The number of pyridine rings is 1. The lowest BCUT2D eigenvalue weighted by atomic mass is 10.0. The van der Waals surface area contributed by atoms with Gasteiger partial charge in [0.15, 0.2) is 0 Å². The Bertz CT molecular complexity index is 497. The summed E-state index contributed by atoms with van der Waals surface area (Å²) in [5.74, 6) is 4.30. The number of hydrogen-bond donors (Lipinski definition) is 2. The molecule has 3 N–H and O–H groups in total. The molecule has 1 aromatic heterocycles. The van der Waals surface area contributed by atoms with Gasteiger partial charge in [-0.15, -0.1) is 0 Å². The van der Waals surface area contributed by atoms with Crippen molar-refractivity contribution in [1.29, 1.82) is 0 Å². The molecule has 1 unspecified atom stereocenters. The second-order valence-electron chi connectivity index (χ2n) is 3.98. The van der Waals surface area contributed by atoms with Crippen LogP contribution in [0.1, 0.15) is 17.2 Å². The van der Waals surface area contributed by atoms with Crippen molar-refractivity contribution in [3.8, 4) is 0 Å². The summed E-state index contributed by atoms with van der Waals surface area (Å²) in [5, 5.41) is 0. The number of nitrogens with zero attached hydrogens (tertiary/aromatic N) is 1. The zero-order valence-corrected chi connectivity index (χ0v) is 9.61. The first kappa shape index (κ1) is 12.6. The number of nitrogens with one attached hydrogen (secondary N) is 1. The minimum atomic E-state index is -0.588. The molecule has 1 atom stereocenters. The van der Waals surface area contributed by atoms with E-state index in [1.54, 1.807) is 24.5 Å². The average Bonchev–Trinajstić information content (AvgIpc) is 2.36. The average molecular weight is 249 g/mol. The largest absolute Gasteiger partial charge is 0.271 e. The first-order valence-corrected chi connectivity index (χ1v) is 5.50. The molecular formula is C13H13F2N3. The Hall–Kier alpha value is -1.85. The summed E-state index contributed by atoms with van der Waals surface area (Å²) < 4.78 is 26.2. The number of halogens is 2. The SMILES string of the molecule is NNC(Cc1cc(F)cc(F)c1)c1ccncc1. The number of hydrazine groups is 1. The predicted octanol–water partition coefficient (Wildman–Crippen LogP) is 2.11. The molecule has 0 aliphatic rings. The van der Waals surface area contributed by atoms with Crippen molar-refractivity contribution >= 4 is 0 Å². The highest BCUT2D eigenvalue weighted by molar-refractivity contribution is 5.23. The third kappa shape index (κ3) is 3.09. The van der Waals surface area contributed by atoms with E-state index in [-0.39, 0.29) is 6.04 Å². The lowest BCUT2D eigenvalue weighted by Crippen LogP contribution is -2.29. The first-order valence-electron chi connectivity index (χ1n) is 5.50. The van der Waals surface area contributed by atoms with Gasteiger partial charge < -0.3 is 0 Å². The van der Waals surface area contributed by atoms with Crippen molar-refractivity contribution in [3.05, 3.63) is 65.5 Å². The third-order valence-corrected chi connectivity index (χ3v) is 2.67. The van der Waals surface area contributed by atoms with Gasteiger partial charge in [-0.05, 0) is 41.8 Å². The van der Waals surface area contributed by atoms with Gasteiger partial charge in [0.25, 0.3) is 0 Å². The number of hydrogen-bond acceptors (Lipinski definition) is 3. The highest BCUT2D eigenvalue weighted by atomic mass is 19.1. The standard InChI is InChI=1S/C13H13F2N3/c14-11-5-9(6-12(15)8-11)7-13(18-16)10-1-3-17-4-2-10/h1-6,8,13,18H,7,16H2. The van der Waals surface area contributed by atoms with Crippen LogP contribution in [0.4, 0.5) is 8.78 Å². The van der Waals surface area contributed by atoms with Gasteiger partial charge in [0, 0.05) is 18.5 Å². The molecule has 0 bridgehead atoms. The Balaban J connectivity index is 2.20. The maximum atomic E-state index is 13.1. The van der Waals surface area contributed by atoms with E-state index in [0.717, 1.165) is 11.6 Å². The molecule has 0 aliphatic heterocycles. The van der Waals surface area contributed by atoms with E-state index in [1.165, 1.54) is 12.1 Å². The zero-order valence-electron chi connectivity index (χ0n) is 9.61. The van der Waals surface area contributed by atoms with Gasteiger partial charge in [-0.1, -0.05) is 0 Å². The van der Waals surface area contributed by atoms with Crippen LogP contribution in [0.15, 0.2) is 42.7 Å². The quantitative estimate of drug-likeness (QED) is 0.644. The van der Waals surface area contributed by atoms with E-state index >= 15 is 0 Å². The minimum absolute atomic E-state index is 0.214. The Morgan fingerprint density at radius 3 is 2.28 bits per heavy atom.